The first-order valence-electron chi connectivity index (χ1n) is 5.86. The highest BCUT2D eigenvalue weighted by Gasteiger charge is 2.56. The van der Waals surface area contributed by atoms with Crippen molar-refractivity contribution in [3.63, 3.8) is 0 Å². The predicted octanol–water partition coefficient (Wildman–Crippen LogP) is 3.14. The summed E-state index contributed by atoms with van der Waals surface area (Å²) >= 11 is 0. The molecule has 0 saturated heterocycles. The minimum Gasteiger partial charge on any atom is -0.472 e. The maximum atomic E-state index is 13.3. The molecule has 20 heavy (non-hydrogen) atoms. The van der Waals surface area contributed by atoms with Crippen LogP contribution in [0.2, 0.25) is 0 Å². The molecule has 2 rings (SSSR count). The van der Waals surface area contributed by atoms with Crippen molar-refractivity contribution in [2.45, 2.75) is 11.8 Å². The molecule has 0 saturated carbocycles. The van der Waals surface area contributed by atoms with Gasteiger partial charge in [-0.05, 0) is 23.8 Å². The number of aliphatic hydroxyl groups is 1. The van der Waals surface area contributed by atoms with Crippen molar-refractivity contribution in [2.24, 2.45) is 0 Å². The molecule has 1 unspecified atom stereocenters. The first-order chi connectivity index (χ1) is 9.26. The van der Waals surface area contributed by atoms with Crippen LogP contribution in [-0.4, -0.2) is 25.4 Å². The van der Waals surface area contributed by atoms with Crippen LogP contribution in [-0.2, 0) is 5.60 Å². The summed E-state index contributed by atoms with van der Waals surface area (Å²) < 4.78 is 44.6. The molecule has 108 valence electrons. The first kappa shape index (κ1) is 14.5. The summed E-state index contributed by atoms with van der Waals surface area (Å²) in [5, 5.41) is 10.2. The van der Waals surface area contributed by atoms with Gasteiger partial charge in [0.15, 0.2) is 0 Å². The molecule has 1 atom stereocenters. The van der Waals surface area contributed by atoms with Gasteiger partial charge in [-0.2, -0.15) is 13.2 Å². The highest BCUT2D eigenvalue weighted by Crippen LogP contribution is 2.44. The van der Waals surface area contributed by atoms with Crippen LogP contribution in [0.3, 0.4) is 0 Å². The largest absolute Gasteiger partial charge is 0.472 e. The number of benzene rings is 1. The lowest BCUT2D eigenvalue weighted by atomic mass is 9.87. The second kappa shape index (κ2) is 4.86. The van der Waals surface area contributed by atoms with Gasteiger partial charge in [0.25, 0.3) is 0 Å². The summed E-state index contributed by atoms with van der Waals surface area (Å²) in [6.45, 7) is 0. The number of furan rings is 1. The molecule has 1 aromatic carbocycles. The third kappa shape index (κ3) is 2.27. The first-order valence-corrected chi connectivity index (χ1v) is 5.86. The fourth-order valence-corrected chi connectivity index (χ4v) is 1.97. The monoisotopic (exact) mass is 285 g/mol. The standard InChI is InChI=1S/C14H14F3NO2/c1-18(2)12-5-3-10(4-6-12)13(19,14(15,16)17)11-7-8-20-9-11/h3-9,19H,1-2H3. The zero-order valence-corrected chi connectivity index (χ0v) is 11.0. The minimum atomic E-state index is -4.85. The Labute approximate surface area is 114 Å². The Morgan fingerprint density at radius 2 is 1.60 bits per heavy atom. The predicted molar refractivity (Wildman–Crippen MR) is 68.5 cm³/mol. The lowest BCUT2D eigenvalue weighted by molar-refractivity contribution is -0.248. The van der Waals surface area contributed by atoms with Crippen LogP contribution < -0.4 is 4.90 Å². The number of alkyl halides is 3. The Kier molecular flexibility index (Phi) is 3.52. The second-order valence-corrected chi connectivity index (χ2v) is 4.66. The van der Waals surface area contributed by atoms with Gasteiger partial charge in [-0.1, -0.05) is 12.1 Å². The Balaban J connectivity index is 2.53. The summed E-state index contributed by atoms with van der Waals surface area (Å²) in [4.78, 5) is 1.76. The van der Waals surface area contributed by atoms with E-state index in [2.05, 4.69) is 4.42 Å². The molecule has 0 fully saturated rings. The maximum absolute atomic E-state index is 13.3. The van der Waals surface area contributed by atoms with Crippen LogP contribution >= 0.6 is 0 Å². The van der Waals surface area contributed by atoms with E-state index in [0.717, 1.165) is 24.3 Å². The van der Waals surface area contributed by atoms with Crippen molar-refractivity contribution in [3.8, 4) is 0 Å². The third-order valence-corrected chi connectivity index (χ3v) is 3.15. The Hall–Kier alpha value is -1.95. The van der Waals surface area contributed by atoms with Crippen molar-refractivity contribution in [1.82, 2.24) is 0 Å². The van der Waals surface area contributed by atoms with E-state index in [1.807, 2.05) is 0 Å². The quantitative estimate of drug-likeness (QED) is 0.941. The van der Waals surface area contributed by atoms with Crippen LogP contribution in [0.1, 0.15) is 11.1 Å². The van der Waals surface area contributed by atoms with E-state index >= 15 is 0 Å². The van der Waals surface area contributed by atoms with E-state index in [-0.39, 0.29) is 11.1 Å². The molecule has 3 nitrogen and oxygen atoms in total. The molecule has 0 aliphatic rings. The lowest BCUT2D eigenvalue weighted by Crippen LogP contribution is -2.43. The van der Waals surface area contributed by atoms with E-state index < -0.39 is 11.8 Å². The van der Waals surface area contributed by atoms with Gasteiger partial charge in [0.05, 0.1) is 12.5 Å². The number of halogens is 3. The van der Waals surface area contributed by atoms with Crippen LogP contribution in [0.25, 0.3) is 0 Å². The molecule has 0 amide bonds. The van der Waals surface area contributed by atoms with Crippen molar-refractivity contribution in [3.05, 3.63) is 54.0 Å². The smallest absolute Gasteiger partial charge is 0.425 e. The van der Waals surface area contributed by atoms with Gasteiger partial charge in [0.2, 0.25) is 5.60 Å². The summed E-state index contributed by atoms with van der Waals surface area (Å²) in [5.74, 6) is 0. The number of anilines is 1. The summed E-state index contributed by atoms with van der Waals surface area (Å²) in [5.41, 5.74) is -2.93. The maximum Gasteiger partial charge on any atom is 0.425 e. The van der Waals surface area contributed by atoms with Crippen molar-refractivity contribution >= 4 is 5.69 Å². The van der Waals surface area contributed by atoms with E-state index in [0.29, 0.717) is 0 Å². The van der Waals surface area contributed by atoms with Crippen molar-refractivity contribution in [1.29, 1.82) is 0 Å². The molecule has 6 heteroatoms. The van der Waals surface area contributed by atoms with Gasteiger partial charge in [-0.15, -0.1) is 0 Å². The van der Waals surface area contributed by atoms with E-state index in [1.165, 1.54) is 24.3 Å². The molecule has 1 heterocycles. The molecular weight excluding hydrogens is 271 g/mol. The SMILES string of the molecule is CN(C)c1ccc(C(O)(c2ccoc2)C(F)(F)F)cc1. The highest BCUT2D eigenvalue weighted by molar-refractivity contribution is 5.49. The number of nitrogens with zero attached hydrogens (tertiary/aromatic N) is 1. The zero-order chi connectivity index (χ0) is 15.0. The van der Waals surface area contributed by atoms with Crippen molar-refractivity contribution < 1.29 is 22.7 Å². The summed E-state index contributed by atoms with van der Waals surface area (Å²) in [7, 11) is 3.56. The van der Waals surface area contributed by atoms with Gasteiger partial charge in [-0.3, -0.25) is 0 Å². The van der Waals surface area contributed by atoms with Gasteiger partial charge in [-0.25, -0.2) is 0 Å². The molecule has 0 spiro atoms. The second-order valence-electron chi connectivity index (χ2n) is 4.66. The fourth-order valence-electron chi connectivity index (χ4n) is 1.97. The average molecular weight is 285 g/mol. The van der Waals surface area contributed by atoms with Gasteiger partial charge >= 0.3 is 6.18 Å². The molecule has 1 N–H and O–H groups in total. The van der Waals surface area contributed by atoms with Gasteiger partial charge in [0, 0.05) is 25.3 Å². The number of hydrogen-bond acceptors (Lipinski definition) is 3. The van der Waals surface area contributed by atoms with E-state index in [9.17, 15) is 18.3 Å². The topological polar surface area (TPSA) is 36.6 Å². The fraction of sp³-hybridized carbons (Fsp3) is 0.286. The molecular formula is C14H14F3NO2. The van der Waals surface area contributed by atoms with E-state index in [1.54, 1.807) is 19.0 Å². The molecule has 1 aromatic heterocycles. The van der Waals surface area contributed by atoms with Crippen LogP contribution in [0.5, 0.6) is 0 Å². The van der Waals surface area contributed by atoms with Gasteiger partial charge in [0.1, 0.15) is 0 Å². The highest BCUT2D eigenvalue weighted by atomic mass is 19.4. The number of hydrogen-bond donors (Lipinski definition) is 1. The Morgan fingerprint density at radius 1 is 1.00 bits per heavy atom. The van der Waals surface area contributed by atoms with Crippen LogP contribution in [0.15, 0.2) is 47.3 Å². The number of rotatable bonds is 3. The van der Waals surface area contributed by atoms with E-state index in [4.69, 9.17) is 0 Å². The lowest BCUT2D eigenvalue weighted by Gasteiger charge is -2.30. The molecule has 0 aliphatic carbocycles. The minimum absolute atomic E-state index is 0.253. The van der Waals surface area contributed by atoms with Crippen LogP contribution in [0.4, 0.5) is 18.9 Å². The molecule has 0 aliphatic heterocycles. The Bertz CT molecular complexity index is 561. The van der Waals surface area contributed by atoms with Gasteiger partial charge < -0.3 is 14.4 Å². The summed E-state index contributed by atoms with van der Waals surface area (Å²) in [6, 6.07) is 6.66. The molecule has 2 aromatic rings. The summed E-state index contributed by atoms with van der Waals surface area (Å²) in [6.07, 6.45) is -2.86. The van der Waals surface area contributed by atoms with Crippen LogP contribution in [0, 0.1) is 0 Å². The Morgan fingerprint density at radius 3 is 2.00 bits per heavy atom. The average Bonchev–Trinajstić information content (AvgIpc) is 2.90. The normalized spacial score (nSPS) is 14.9. The third-order valence-electron chi connectivity index (χ3n) is 3.15. The molecule has 0 bridgehead atoms. The zero-order valence-electron chi connectivity index (χ0n) is 11.0. The van der Waals surface area contributed by atoms with Crippen molar-refractivity contribution in [2.75, 3.05) is 19.0 Å². The molecule has 0 radical (unpaired) electrons.